The van der Waals surface area contributed by atoms with Crippen molar-refractivity contribution in [3.05, 3.63) is 59.9 Å². The molecular formula is C17H16F4N2O2S. The molecule has 4 nitrogen and oxygen atoms in total. The summed E-state index contributed by atoms with van der Waals surface area (Å²) in [7, 11) is -4.89. The second kappa shape index (κ2) is 6.24. The van der Waals surface area contributed by atoms with Crippen molar-refractivity contribution < 1.29 is 26.9 Å². The van der Waals surface area contributed by atoms with E-state index in [9.17, 15) is 26.9 Å². The van der Waals surface area contributed by atoms with Gasteiger partial charge in [-0.3, -0.25) is 0 Å². The van der Waals surface area contributed by atoms with Crippen molar-refractivity contribution >= 4 is 15.4 Å². The Balaban J connectivity index is 1.80. The standard InChI is InChI=1S/C17H16F4N2O2S/c18-13-3-1-12(2-4-13)16(24)9-10-23(11-16)14-5-7-15(8-6-14)26(22,25)17(19,20)21/h1-8,22,24H,9-11H2. The monoisotopic (exact) mass is 388 g/mol. The SMILES string of the molecule is N=S(=O)(c1ccc(N2CCC(O)(c3ccc(F)cc3)C2)cc1)C(F)(F)F. The van der Waals surface area contributed by atoms with Crippen LogP contribution in [0.3, 0.4) is 0 Å². The first kappa shape index (κ1) is 18.7. The Hall–Kier alpha value is -2.13. The number of halogens is 4. The van der Waals surface area contributed by atoms with E-state index in [1.165, 1.54) is 36.4 Å². The molecule has 1 aliphatic rings. The highest BCUT2D eigenvalue weighted by Crippen LogP contribution is 2.36. The number of hydrogen-bond acceptors (Lipinski definition) is 4. The van der Waals surface area contributed by atoms with Gasteiger partial charge in [0.1, 0.15) is 11.4 Å². The average Bonchev–Trinajstić information content (AvgIpc) is 2.98. The number of rotatable bonds is 3. The molecule has 0 radical (unpaired) electrons. The summed E-state index contributed by atoms with van der Waals surface area (Å²) in [6, 6.07) is 10.3. The van der Waals surface area contributed by atoms with Gasteiger partial charge in [-0.15, -0.1) is 0 Å². The molecule has 1 saturated heterocycles. The number of anilines is 1. The molecule has 0 amide bonds. The Morgan fingerprint density at radius 1 is 1.08 bits per heavy atom. The van der Waals surface area contributed by atoms with Gasteiger partial charge < -0.3 is 10.0 Å². The molecule has 0 spiro atoms. The highest BCUT2D eigenvalue weighted by Gasteiger charge is 2.43. The molecule has 140 valence electrons. The minimum atomic E-state index is -5.13. The maximum absolute atomic E-state index is 13.0. The first-order valence-electron chi connectivity index (χ1n) is 7.71. The molecule has 2 aromatic rings. The molecule has 0 bridgehead atoms. The molecule has 0 aliphatic carbocycles. The Labute approximate surface area is 148 Å². The quantitative estimate of drug-likeness (QED) is 0.785. The van der Waals surface area contributed by atoms with Gasteiger partial charge in [0.05, 0.1) is 11.4 Å². The molecule has 26 heavy (non-hydrogen) atoms. The highest BCUT2D eigenvalue weighted by atomic mass is 32.2. The lowest BCUT2D eigenvalue weighted by Crippen LogP contribution is -2.30. The Bertz CT molecular complexity index is 896. The van der Waals surface area contributed by atoms with Crippen LogP contribution in [0.2, 0.25) is 0 Å². The third-order valence-corrected chi connectivity index (χ3v) is 6.08. The van der Waals surface area contributed by atoms with Crippen molar-refractivity contribution in [3.63, 3.8) is 0 Å². The summed E-state index contributed by atoms with van der Waals surface area (Å²) >= 11 is 0. The molecule has 3 rings (SSSR count). The Morgan fingerprint density at radius 3 is 2.19 bits per heavy atom. The van der Waals surface area contributed by atoms with Gasteiger partial charge in [0, 0.05) is 12.2 Å². The fourth-order valence-electron chi connectivity index (χ4n) is 2.99. The van der Waals surface area contributed by atoms with Crippen molar-refractivity contribution in [1.29, 1.82) is 4.78 Å². The number of aliphatic hydroxyl groups is 1. The van der Waals surface area contributed by atoms with Gasteiger partial charge in [-0.1, -0.05) is 12.1 Å². The van der Waals surface area contributed by atoms with E-state index in [1.807, 2.05) is 0 Å². The molecule has 2 aromatic carbocycles. The zero-order chi connectivity index (χ0) is 19.2. The van der Waals surface area contributed by atoms with E-state index in [1.54, 1.807) is 4.90 Å². The van der Waals surface area contributed by atoms with Crippen molar-refractivity contribution in [2.75, 3.05) is 18.0 Å². The van der Waals surface area contributed by atoms with Crippen LogP contribution in [0.4, 0.5) is 23.2 Å². The zero-order valence-corrected chi connectivity index (χ0v) is 14.3. The second-order valence-electron chi connectivity index (χ2n) is 6.21. The van der Waals surface area contributed by atoms with Gasteiger partial charge in [-0.05, 0) is 48.4 Å². The molecule has 1 aliphatic heterocycles. The fraction of sp³-hybridized carbons (Fsp3) is 0.294. The van der Waals surface area contributed by atoms with Crippen LogP contribution in [-0.2, 0) is 15.3 Å². The van der Waals surface area contributed by atoms with Crippen LogP contribution < -0.4 is 4.90 Å². The number of nitrogens with zero attached hydrogens (tertiary/aromatic N) is 1. The summed E-state index contributed by atoms with van der Waals surface area (Å²) < 4.78 is 69.9. The van der Waals surface area contributed by atoms with Crippen LogP contribution in [0.25, 0.3) is 0 Å². The van der Waals surface area contributed by atoms with Crippen LogP contribution in [0.1, 0.15) is 12.0 Å². The third-order valence-electron chi connectivity index (χ3n) is 4.49. The maximum atomic E-state index is 13.0. The van der Waals surface area contributed by atoms with Crippen LogP contribution >= 0.6 is 0 Å². The molecule has 0 saturated carbocycles. The van der Waals surface area contributed by atoms with Crippen LogP contribution in [0.5, 0.6) is 0 Å². The van der Waals surface area contributed by atoms with Crippen molar-refractivity contribution in [3.8, 4) is 0 Å². The number of β-amino-alcohol motifs (C(OH)–C–C–N with tert-alkyl or cyclic N) is 1. The minimum Gasteiger partial charge on any atom is -0.383 e. The van der Waals surface area contributed by atoms with E-state index in [4.69, 9.17) is 4.78 Å². The smallest absolute Gasteiger partial charge is 0.383 e. The lowest BCUT2D eigenvalue weighted by molar-refractivity contribution is -0.0406. The molecule has 1 heterocycles. The largest absolute Gasteiger partial charge is 0.483 e. The molecule has 2 unspecified atom stereocenters. The predicted octanol–water partition coefficient (Wildman–Crippen LogP) is 3.85. The van der Waals surface area contributed by atoms with E-state index in [0.717, 1.165) is 12.1 Å². The first-order chi connectivity index (χ1) is 12.0. The van der Waals surface area contributed by atoms with Crippen LogP contribution in [0.15, 0.2) is 53.4 Å². The van der Waals surface area contributed by atoms with Crippen molar-refractivity contribution in [1.82, 2.24) is 0 Å². The van der Waals surface area contributed by atoms with Crippen molar-refractivity contribution in [2.45, 2.75) is 22.4 Å². The summed E-state index contributed by atoms with van der Waals surface area (Å²) in [6.07, 6.45) is 0.373. The number of benzene rings is 2. The topological polar surface area (TPSA) is 64.4 Å². The summed E-state index contributed by atoms with van der Waals surface area (Å²) in [5.41, 5.74) is -5.22. The van der Waals surface area contributed by atoms with Gasteiger partial charge in [-0.2, -0.15) is 13.2 Å². The molecule has 0 aromatic heterocycles. The lowest BCUT2D eigenvalue weighted by atomic mass is 9.93. The van der Waals surface area contributed by atoms with E-state index < -0.39 is 31.6 Å². The Morgan fingerprint density at radius 2 is 1.65 bits per heavy atom. The summed E-state index contributed by atoms with van der Waals surface area (Å²) in [5.74, 6) is -0.411. The summed E-state index contributed by atoms with van der Waals surface area (Å²) in [5, 5.41) is 10.8. The minimum absolute atomic E-state index is 0.188. The molecule has 1 fully saturated rings. The molecule has 2 N–H and O–H groups in total. The van der Waals surface area contributed by atoms with Crippen LogP contribution in [-0.4, -0.2) is 27.9 Å². The fourth-order valence-corrected chi connectivity index (χ4v) is 3.78. The van der Waals surface area contributed by atoms with Gasteiger partial charge in [-0.25, -0.2) is 13.4 Å². The third kappa shape index (κ3) is 3.28. The van der Waals surface area contributed by atoms with E-state index in [-0.39, 0.29) is 6.54 Å². The van der Waals surface area contributed by atoms with E-state index in [2.05, 4.69) is 0 Å². The highest BCUT2D eigenvalue weighted by molar-refractivity contribution is 7.93. The number of hydrogen-bond donors (Lipinski definition) is 2. The average molecular weight is 388 g/mol. The molecule has 9 heteroatoms. The first-order valence-corrected chi connectivity index (χ1v) is 9.27. The Kier molecular flexibility index (Phi) is 4.48. The predicted molar refractivity (Wildman–Crippen MR) is 88.8 cm³/mol. The van der Waals surface area contributed by atoms with Gasteiger partial charge in [0.2, 0.25) is 0 Å². The maximum Gasteiger partial charge on any atom is 0.483 e. The molecule has 2 atom stereocenters. The van der Waals surface area contributed by atoms with Gasteiger partial charge in [0.25, 0.3) is 0 Å². The normalized spacial score (nSPS) is 23.0. The number of nitrogens with one attached hydrogen (secondary N) is 1. The van der Waals surface area contributed by atoms with Crippen molar-refractivity contribution in [2.24, 2.45) is 0 Å². The van der Waals surface area contributed by atoms with E-state index >= 15 is 0 Å². The van der Waals surface area contributed by atoms with Crippen LogP contribution in [0, 0.1) is 10.6 Å². The second-order valence-corrected chi connectivity index (χ2v) is 8.25. The van der Waals surface area contributed by atoms with Gasteiger partial charge >= 0.3 is 5.51 Å². The summed E-state index contributed by atoms with van der Waals surface area (Å²) in [6.45, 7) is 0.635. The lowest BCUT2D eigenvalue weighted by Gasteiger charge is -2.25. The van der Waals surface area contributed by atoms with E-state index in [0.29, 0.717) is 24.2 Å². The number of alkyl halides is 3. The molecular weight excluding hydrogens is 372 g/mol. The summed E-state index contributed by atoms with van der Waals surface area (Å²) in [4.78, 5) is 1.16. The van der Waals surface area contributed by atoms with Gasteiger partial charge in [0.15, 0.2) is 9.73 Å². The zero-order valence-electron chi connectivity index (χ0n) is 13.5.